The molecule has 6 aromatic rings. The highest BCUT2D eigenvalue weighted by atomic mass is 35.5. The highest BCUT2D eigenvalue weighted by Gasteiger charge is 2.21. The number of halogens is 1. The summed E-state index contributed by atoms with van der Waals surface area (Å²) in [4.78, 5) is 20.8. The van der Waals surface area contributed by atoms with Crippen LogP contribution in [0.3, 0.4) is 0 Å². The smallest absolute Gasteiger partial charge is 0.229 e. The number of piperidine rings is 1. The van der Waals surface area contributed by atoms with E-state index in [1.165, 1.54) is 0 Å². The quantitative estimate of drug-likeness (QED) is 0.178. The van der Waals surface area contributed by atoms with Crippen molar-refractivity contribution in [3.05, 3.63) is 94.4 Å². The maximum absolute atomic E-state index is 10.1. The standard InChI is InChI=1S/C35H30ClN7O3/c1-20-26(32-30(36)27(8-10-38-32)35-42-29-14-21(19-44)12-24(15-37)33(29)46-35)5-2-6-28(20)41-34-31-23(7-9-39-34)13-22(16-40-31)17-43-11-3-4-25(45)18-43/h2,5-10,12-14,16,25,44-45H,3-4,11,17-19H2,1H3,(H,39,41). The maximum atomic E-state index is 10.1. The molecular weight excluding hydrogens is 602 g/mol. The molecule has 0 bridgehead atoms. The average molecular weight is 632 g/mol. The largest absolute Gasteiger partial charge is 0.435 e. The number of fused-ring (bicyclic) bond motifs is 2. The lowest BCUT2D eigenvalue weighted by molar-refractivity contribution is 0.0668. The number of aliphatic hydroxyl groups excluding tert-OH is 2. The Morgan fingerprint density at radius 3 is 2.78 bits per heavy atom. The Bertz CT molecular complexity index is 2140. The van der Waals surface area contributed by atoms with Crippen molar-refractivity contribution in [1.29, 1.82) is 5.26 Å². The zero-order chi connectivity index (χ0) is 31.8. The first kappa shape index (κ1) is 29.8. The summed E-state index contributed by atoms with van der Waals surface area (Å²) in [6, 6.07) is 17.0. The lowest BCUT2D eigenvalue weighted by Gasteiger charge is -2.29. The molecule has 3 N–H and O–H groups in total. The lowest BCUT2D eigenvalue weighted by Crippen LogP contribution is -2.37. The van der Waals surface area contributed by atoms with Gasteiger partial charge in [0.15, 0.2) is 11.4 Å². The summed E-state index contributed by atoms with van der Waals surface area (Å²) in [5, 5.41) is 34.1. The molecule has 2 aromatic carbocycles. The SMILES string of the molecule is Cc1c(Nc2nccc3cc(CN4CCCC(O)C4)cnc23)cccc1-c1nccc(-c2nc3cc(CO)cc(C#N)c3o2)c1Cl. The number of rotatable bonds is 7. The van der Waals surface area contributed by atoms with Gasteiger partial charge >= 0.3 is 0 Å². The highest BCUT2D eigenvalue weighted by Crippen LogP contribution is 2.39. The Hall–Kier alpha value is -4.92. The van der Waals surface area contributed by atoms with Gasteiger partial charge in [0.2, 0.25) is 5.89 Å². The van der Waals surface area contributed by atoms with Gasteiger partial charge in [-0.25, -0.2) is 9.97 Å². The van der Waals surface area contributed by atoms with E-state index >= 15 is 0 Å². The molecule has 1 fully saturated rings. The molecule has 230 valence electrons. The molecule has 1 saturated heterocycles. The Labute approximate surface area is 270 Å². The van der Waals surface area contributed by atoms with Gasteiger partial charge in [-0.15, -0.1) is 0 Å². The summed E-state index contributed by atoms with van der Waals surface area (Å²) in [6.45, 7) is 4.17. The molecule has 46 heavy (non-hydrogen) atoms. The molecule has 1 aliphatic heterocycles. The predicted octanol–water partition coefficient (Wildman–Crippen LogP) is 6.53. The van der Waals surface area contributed by atoms with Gasteiger partial charge in [0, 0.05) is 48.3 Å². The number of oxazole rings is 1. The molecule has 0 spiro atoms. The van der Waals surface area contributed by atoms with Crippen LogP contribution in [-0.4, -0.2) is 54.2 Å². The van der Waals surface area contributed by atoms with Crippen molar-refractivity contribution in [2.24, 2.45) is 0 Å². The van der Waals surface area contributed by atoms with E-state index < -0.39 is 0 Å². The first-order valence-corrected chi connectivity index (χ1v) is 15.4. The van der Waals surface area contributed by atoms with E-state index in [1.807, 2.05) is 37.4 Å². The first-order valence-electron chi connectivity index (χ1n) is 15.0. The number of hydrogen-bond donors (Lipinski definition) is 3. The molecule has 5 heterocycles. The minimum Gasteiger partial charge on any atom is -0.435 e. The number of aliphatic hydroxyl groups is 2. The number of nitrogens with one attached hydrogen (secondary N) is 1. The van der Waals surface area contributed by atoms with Crippen LogP contribution < -0.4 is 5.32 Å². The summed E-state index contributed by atoms with van der Waals surface area (Å²) in [7, 11) is 0. The summed E-state index contributed by atoms with van der Waals surface area (Å²) in [5.41, 5.74) is 7.13. The summed E-state index contributed by atoms with van der Waals surface area (Å²) in [5.74, 6) is 0.886. The van der Waals surface area contributed by atoms with Gasteiger partial charge in [-0.2, -0.15) is 5.26 Å². The van der Waals surface area contributed by atoms with Crippen molar-refractivity contribution < 1.29 is 14.6 Å². The van der Waals surface area contributed by atoms with Gasteiger partial charge in [-0.05, 0) is 79.4 Å². The van der Waals surface area contributed by atoms with Gasteiger partial charge in [0.1, 0.15) is 17.1 Å². The van der Waals surface area contributed by atoms with Crippen molar-refractivity contribution in [3.8, 4) is 28.8 Å². The third kappa shape index (κ3) is 5.66. The minimum absolute atomic E-state index is 0.216. The van der Waals surface area contributed by atoms with Crippen LogP contribution in [0.5, 0.6) is 0 Å². The van der Waals surface area contributed by atoms with Crippen LogP contribution in [0.1, 0.15) is 35.1 Å². The summed E-state index contributed by atoms with van der Waals surface area (Å²) in [6.07, 6.45) is 6.88. The highest BCUT2D eigenvalue weighted by molar-refractivity contribution is 6.35. The number of likely N-dealkylation sites (tertiary alicyclic amines) is 1. The van der Waals surface area contributed by atoms with Crippen LogP contribution in [0.2, 0.25) is 5.02 Å². The van der Waals surface area contributed by atoms with Crippen molar-refractivity contribution >= 4 is 45.1 Å². The monoisotopic (exact) mass is 631 g/mol. The summed E-state index contributed by atoms with van der Waals surface area (Å²) >= 11 is 6.97. The van der Waals surface area contributed by atoms with E-state index in [9.17, 15) is 15.5 Å². The fraction of sp³-hybridized carbons (Fsp3) is 0.229. The third-order valence-corrected chi connectivity index (χ3v) is 8.74. The molecule has 7 rings (SSSR count). The Morgan fingerprint density at radius 1 is 1.09 bits per heavy atom. The average Bonchev–Trinajstić information content (AvgIpc) is 3.49. The van der Waals surface area contributed by atoms with Crippen LogP contribution in [0.25, 0.3) is 44.7 Å². The topological polar surface area (TPSA) is 144 Å². The van der Waals surface area contributed by atoms with Gasteiger partial charge in [0.25, 0.3) is 0 Å². The molecule has 1 atom stereocenters. The van der Waals surface area contributed by atoms with E-state index in [4.69, 9.17) is 21.0 Å². The molecule has 10 nitrogen and oxygen atoms in total. The minimum atomic E-state index is -0.269. The van der Waals surface area contributed by atoms with Crippen LogP contribution >= 0.6 is 11.6 Å². The number of anilines is 2. The van der Waals surface area contributed by atoms with E-state index in [0.717, 1.165) is 59.2 Å². The van der Waals surface area contributed by atoms with E-state index in [0.29, 0.717) is 45.3 Å². The normalized spacial score (nSPS) is 15.3. The Balaban J connectivity index is 1.20. The van der Waals surface area contributed by atoms with Crippen LogP contribution in [0.15, 0.2) is 71.5 Å². The zero-order valence-corrected chi connectivity index (χ0v) is 25.8. The number of nitriles is 1. The van der Waals surface area contributed by atoms with E-state index in [-0.39, 0.29) is 24.2 Å². The lowest BCUT2D eigenvalue weighted by atomic mass is 10.0. The van der Waals surface area contributed by atoms with Gasteiger partial charge in [0.05, 0.1) is 34.6 Å². The molecule has 0 radical (unpaired) electrons. The van der Waals surface area contributed by atoms with Crippen LogP contribution in [0.4, 0.5) is 11.5 Å². The van der Waals surface area contributed by atoms with E-state index in [1.54, 1.807) is 30.6 Å². The molecule has 0 amide bonds. The van der Waals surface area contributed by atoms with Gasteiger partial charge in [-0.1, -0.05) is 23.7 Å². The second kappa shape index (κ2) is 12.5. The third-order valence-electron chi connectivity index (χ3n) is 8.36. The van der Waals surface area contributed by atoms with Gasteiger partial charge < -0.3 is 19.9 Å². The number of nitrogens with zero attached hydrogens (tertiary/aromatic N) is 6. The molecule has 0 aliphatic carbocycles. The number of benzene rings is 2. The fourth-order valence-electron chi connectivity index (χ4n) is 6.05. The molecule has 1 unspecified atom stereocenters. The Kier molecular flexibility index (Phi) is 8.07. The number of hydrogen-bond acceptors (Lipinski definition) is 10. The maximum Gasteiger partial charge on any atom is 0.229 e. The second-order valence-electron chi connectivity index (χ2n) is 11.5. The van der Waals surface area contributed by atoms with Crippen molar-refractivity contribution in [2.45, 2.75) is 39.0 Å². The number of β-amino-alcohol motifs (C(OH)–C–C–N with tert-alkyl or cyclic N) is 1. The first-order chi connectivity index (χ1) is 22.4. The van der Waals surface area contributed by atoms with Crippen molar-refractivity contribution in [3.63, 3.8) is 0 Å². The van der Waals surface area contributed by atoms with Crippen molar-refractivity contribution in [1.82, 2.24) is 24.8 Å². The predicted molar refractivity (Wildman–Crippen MR) is 176 cm³/mol. The fourth-order valence-corrected chi connectivity index (χ4v) is 6.34. The van der Waals surface area contributed by atoms with Gasteiger partial charge in [-0.3, -0.25) is 14.9 Å². The number of aromatic nitrogens is 4. The molecule has 4 aromatic heterocycles. The van der Waals surface area contributed by atoms with Crippen LogP contribution in [0, 0.1) is 18.3 Å². The Morgan fingerprint density at radius 2 is 1.96 bits per heavy atom. The zero-order valence-electron chi connectivity index (χ0n) is 25.0. The molecule has 11 heteroatoms. The second-order valence-corrected chi connectivity index (χ2v) is 11.9. The number of pyridine rings is 3. The molecule has 0 saturated carbocycles. The molecule has 1 aliphatic rings. The summed E-state index contributed by atoms with van der Waals surface area (Å²) < 4.78 is 6.01. The van der Waals surface area contributed by atoms with E-state index in [2.05, 4.69) is 37.3 Å². The molecular formula is C35H30ClN7O3. The van der Waals surface area contributed by atoms with Crippen molar-refractivity contribution in [2.75, 3.05) is 18.4 Å². The van der Waals surface area contributed by atoms with Crippen LogP contribution in [-0.2, 0) is 13.2 Å².